The molecule has 0 fully saturated rings. The second-order valence-corrected chi connectivity index (χ2v) is 6.06. The van der Waals surface area contributed by atoms with Gasteiger partial charge in [-0.2, -0.15) is 0 Å². The molecule has 0 bridgehead atoms. The largest absolute Gasteiger partial charge is 0.362 e. The van der Waals surface area contributed by atoms with Crippen molar-refractivity contribution in [3.63, 3.8) is 0 Å². The number of halogens is 1. The van der Waals surface area contributed by atoms with Gasteiger partial charge in [-0.1, -0.05) is 26.7 Å². The number of nitrogens with one attached hydrogen (secondary N) is 1. The van der Waals surface area contributed by atoms with Crippen LogP contribution < -0.4 is 5.32 Å². The van der Waals surface area contributed by atoms with Gasteiger partial charge in [0.25, 0.3) is 0 Å². The third kappa shape index (κ3) is 5.55. The molecule has 1 aromatic heterocycles. The maximum absolute atomic E-state index is 11.0. The normalized spacial score (nSPS) is 12.5. The summed E-state index contributed by atoms with van der Waals surface area (Å²) in [6.07, 6.45) is 4.82. The second-order valence-electron chi connectivity index (χ2n) is 5.15. The number of nitro groups is 1. The fraction of sp³-hybridized carbons (Fsp3) is 0.615. The van der Waals surface area contributed by atoms with Gasteiger partial charge in [0.1, 0.15) is 0 Å². The van der Waals surface area contributed by atoms with Crippen molar-refractivity contribution in [3.8, 4) is 0 Å². The van der Waals surface area contributed by atoms with Crippen molar-refractivity contribution >= 4 is 27.4 Å². The van der Waals surface area contributed by atoms with Gasteiger partial charge in [-0.15, -0.1) is 0 Å². The number of hydrogen-bond acceptors (Lipinski definition) is 4. The monoisotopic (exact) mass is 329 g/mol. The molecule has 0 aromatic carbocycles. The fourth-order valence-electron chi connectivity index (χ4n) is 1.82. The van der Waals surface area contributed by atoms with Gasteiger partial charge in [-0.3, -0.25) is 10.1 Å². The van der Waals surface area contributed by atoms with Crippen molar-refractivity contribution in [1.29, 1.82) is 0 Å². The van der Waals surface area contributed by atoms with Gasteiger partial charge in [0.2, 0.25) is 5.82 Å². The quantitative estimate of drug-likeness (QED) is 0.595. The van der Waals surface area contributed by atoms with Crippen LogP contribution in [0.1, 0.15) is 40.0 Å². The molecule has 106 valence electrons. The summed E-state index contributed by atoms with van der Waals surface area (Å²) >= 11 is 3.19. The molecule has 1 N–H and O–H groups in total. The van der Waals surface area contributed by atoms with Gasteiger partial charge in [-0.25, -0.2) is 4.98 Å². The lowest BCUT2D eigenvalue weighted by Gasteiger charge is -2.15. The summed E-state index contributed by atoms with van der Waals surface area (Å²) in [7, 11) is 0. The van der Waals surface area contributed by atoms with E-state index < -0.39 is 4.92 Å². The third-order valence-electron chi connectivity index (χ3n) is 2.83. The zero-order valence-corrected chi connectivity index (χ0v) is 13.1. The first kappa shape index (κ1) is 15.9. The molecule has 1 aromatic rings. The molecule has 0 aliphatic heterocycles. The zero-order valence-electron chi connectivity index (χ0n) is 11.5. The predicted molar refractivity (Wildman–Crippen MR) is 80.4 cm³/mol. The minimum absolute atomic E-state index is 0.00471. The van der Waals surface area contributed by atoms with Crippen molar-refractivity contribution in [1.82, 2.24) is 4.98 Å². The van der Waals surface area contributed by atoms with Crippen LogP contribution in [-0.4, -0.2) is 15.9 Å². The van der Waals surface area contributed by atoms with Crippen LogP contribution in [0, 0.1) is 16.0 Å². The lowest BCUT2D eigenvalue weighted by atomic mass is 10.0. The highest BCUT2D eigenvalue weighted by Crippen LogP contribution is 2.26. The third-order valence-corrected chi connectivity index (χ3v) is 3.27. The molecule has 19 heavy (non-hydrogen) atoms. The first-order chi connectivity index (χ1) is 8.90. The van der Waals surface area contributed by atoms with E-state index >= 15 is 0 Å². The second kappa shape index (κ2) is 7.43. The summed E-state index contributed by atoms with van der Waals surface area (Å²) in [5.41, 5.74) is 0.00471. The van der Waals surface area contributed by atoms with Crippen LogP contribution in [0.15, 0.2) is 16.7 Å². The summed E-state index contributed by atoms with van der Waals surface area (Å²) in [4.78, 5) is 14.6. The van der Waals surface area contributed by atoms with Crippen molar-refractivity contribution in [3.05, 3.63) is 26.9 Å². The van der Waals surface area contributed by atoms with E-state index in [2.05, 4.69) is 40.1 Å². The lowest BCUT2D eigenvalue weighted by Crippen LogP contribution is -2.17. The first-order valence-corrected chi connectivity index (χ1v) is 7.26. The Morgan fingerprint density at radius 2 is 2.11 bits per heavy atom. The van der Waals surface area contributed by atoms with Crippen LogP contribution in [0.3, 0.4) is 0 Å². The van der Waals surface area contributed by atoms with Crippen LogP contribution in [0.25, 0.3) is 0 Å². The summed E-state index contributed by atoms with van der Waals surface area (Å²) in [6.45, 7) is 6.41. The molecule has 0 radical (unpaired) electrons. The molecule has 1 atom stereocenters. The van der Waals surface area contributed by atoms with Crippen molar-refractivity contribution < 1.29 is 4.92 Å². The van der Waals surface area contributed by atoms with Crippen molar-refractivity contribution in [2.24, 2.45) is 5.92 Å². The molecule has 0 aliphatic rings. The van der Waals surface area contributed by atoms with E-state index in [0.717, 1.165) is 12.8 Å². The van der Waals surface area contributed by atoms with E-state index in [9.17, 15) is 10.1 Å². The van der Waals surface area contributed by atoms with E-state index in [0.29, 0.717) is 16.2 Å². The Morgan fingerprint density at radius 3 is 2.68 bits per heavy atom. The molecule has 0 saturated heterocycles. The van der Waals surface area contributed by atoms with Crippen LogP contribution >= 0.6 is 15.9 Å². The molecule has 1 rings (SSSR count). The minimum atomic E-state index is -0.416. The molecular formula is C13H20BrN3O2. The van der Waals surface area contributed by atoms with Crippen LogP contribution in [0.2, 0.25) is 0 Å². The maximum atomic E-state index is 11.0. The van der Waals surface area contributed by atoms with Gasteiger partial charge in [-0.05, 0) is 35.2 Å². The Labute approximate surface area is 122 Å². The Morgan fingerprint density at radius 1 is 1.42 bits per heavy atom. The Hall–Kier alpha value is -1.17. The van der Waals surface area contributed by atoms with Gasteiger partial charge >= 0.3 is 5.69 Å². The van der Waals surface area contributed by atoms with Crippen molar-refractivity contribution in [2.75, 3.05) is 5.32 Å². The summed E-state index contributed by atoms with van der Waals surface area (Å²) in [5, 5.41) is 14.1. The number of nitrogens with zero attached hydrogens (tertiary/aromatic N) is 2. The first-order valence-electron chi connectivity index (χ1n) is 6.46. The zero-order chi connectivity index (χ0) is 14.4. The molecule has 1 unspecified atom stereocenters. The summed E-state index contributed by atoms with van der Waals surface area (Å²) in [6, 6.07) is 1.64. The molecular weight excluding hydrogens is 310 g/mol. The standard InChI is InChI=1S/C13H20BrN3O2/c1-9(2)5-4-6-10(3)16-13-12(17(18)19)7-11(14)8-15-13/h7-10H,4-6H2,1-3H3,(H,15,16). The molecule has 5 nitrogen and oxygen atoms in total. The SMILES string of the molecule is CC(C)CCCC(C)Nc1ncc(Br)cc1[N+](=O)[O-]. The Bertz CT molecular complexity index is 438. The predicted octanol–water partition coefficient (Wildman–Crippen LogP) is 4.38. The molecule has 0 aliphatic carbocycles. The molecule has 6 heteroatoms. The van der Waals surface area contributed by atoms with Gasteiger partial charge in [0.15, 0.2) is 0 Å². The summed E-state index contributed by atoms with van der Waals surface area (Å²) in [5.74, 6) is 1.03. The van der Waals surface area contributed by atoms with Crippen LogP contribution in [0.5, 0.6) is 0 Å². The maximum Gasteiger partial charge on any atom is 0.312 e. The number of rotatable bonds is 7. The van der Waals surface area contributed by atoms with E-state index in [-0.39, 0.29) is 11.7 Å². The highest BCUT2D eigenvalue weighted by Gasteiger charge is 2.17. The fourth-order valence-corrected chi connectivity index (χ4v) is 2.14. The van der Waals surface area contributed by atoms with Crippen LogP contribution in [-0.2, 0) is 0 Å². The van der Waals surface area contributed by atoms with E-state index in [4.69, 9.17) is 0 Å². The molecule has 1 heterocycles. The molecule has 0 saturated carbocycles. The minimum Gasteiger partial charge on any atom is -0.362 e. The van der Waals surface area contributed by atoms with E-state index in [1.165, 1.54) is 12.5 Å². The van der Waals surface area contributed by atoms with Gasteiger partial charge in [0, 0.05) is 22.8 Å². The van der Waals surface area contributed by atoms with Gasteiger partial charge < -0.3 is 5.32 Å². The topological polar surface area (TPSA) is 68.1 Å². The highest BCUT2D eigenvalue weighted by molar-refractivity contribution is 9.10. The Kier molecular flexibility index (Phi) is 6.21. The Balaban J connectivity index is 2.63. The van der Waals surface area contributed by atoms with E-state index in [1.54, 1.807) is 6.20 Å². The number of anilines is 1. The van der Waals surface area contributed by atoms with E-state index in [1.807, 2.05) is 6.92 Å². The van der Waals surface area contributed by atoms with Crippen LogP contribution in [0.4, 0.5) is 11.5 Å². The average Bonchev–Trinajstić information content (AvgIpc) is 2.30. The highest BCUT2D eigenvalue weighted by atomic mass is 79.9. The average molecular weight is 330 g/mol. The number of hydrogen-bond donors (Lipinski definition) is 1. The molecule has 0 amide bonds. The van der Waals surface area contributed by atoms with Crippen molar-refractivity contribution in [2.45, 2.75) is 46.1 Å². The summed E-state index contributed by atoms with van der Waals surface area (Å²) < 4.78 is 0.609. The lowest BCUT2D eigenvalue weighted by molar-refractivity contribution is -0.384. The molecule has 0 spiro atoms. The number of pyridine rings is 1. The number of aromatic nitrogens is 1. The van der Waals surface area contributed by atoms with Gasteiger partial charge in [0.05, 0.1) is 4.92 Å². The smallest absolute Gasteiger partial charge is 0.312 e.